The smallest absolute Gasteiger partial charge is 0.193 e. The quantitative estimate of drug-likeness (QED) is 0.657. The molecule has 0 saturated carbocycles. The van der Waals surface area contributed by atoms with Crippen molar-refractivity contribution in [2.75, 3.05) is 39.8 Å². The van der Waals surface area contributed by atoms with Gasteiger partial charge in [0.1, 0.15) is 6.26 Å². The highest BCUT2D eigenvalue weighted by Crippen LogP contribution is 2.07. The molecule has 1 aromatic heterocycles. The molecule has 0 aliphatic carbocycles. The van der Waals surface area contributed by atoms with Gasteiger partial charge in [-0.1, -0.05) is 19.0 Å². The van der Waals surface area contributed by atoms with Crippen molar-refractivity contribution in [3.8, 4) is 0 Å². The molecule has 0 bridgehead atoms. The van der Waals surface area contributed by atoms with Gasteiger partial charge in [0.05, 0.1) is 5.69 Å². The molecule has 0 atom stereocenters. The Bertz CT molecular complexity index is 421. The first-order chi connectivity index (χ1) is 10.2. The van der Waals surface area contributed by atoms with Gasteiger partial charge in [-0.2, -0.15) is 0 Å². The Kier molecular flexibility index (Phi) is 6.04. The molecule has 1 fully saturated rings. The molecular weight excluding hydrogens is 266 g/mol. The monoisotopic (exact) mass is 293 g/mol. The van der Waals surface area contributed by atoms with E-state index in [2.05, 4.69) is 39.1 Å². The van der Waals surface area contributed by atoms with Gasteiger partial charge in [0.2, 0.25) is 0 Å². The first-order valence-corrected chi connectivity index (χ1v) is 7.76. The van der Waals surface area contributed by atoms with Crippen LogP contribution in [0.2, 0.25) is 0 Å². The van der Waals surface area contributed by atoms with Gasteiger partial charge in [-0.3, -0.25) is 9.89 Å². The fraction of sp³-hybridized carbons (Fsp3) is 0.733. The Morgan fingerprint density at radius 2 is 2.14 bits per heavy atom. The largest absolute Gasteiger partial charge is 0.364 e. The molecule has 2 rings (SSSR count). The van der Waals surface area contributed by atoms with Crippen LogP contribution in [-0.2, 0) is 6.54 Å². The summed E-state index contributed by atoms with van der Waals surface area (Å²) in [6.45, 7) is 10.4. The van der Waals surface area contributed by atoms with Crippen molar-refractivity contribution in [3.63, 3.8) is 0 Å². The standard InChI is InChI=1S/C15H27N5O/c1-13(2)4-6-17-15(16-3)20-9-7-19(8-10-20)12-14-5-11-21-18-14/h5,11,13H,4,6-10,12H2,1-3H3,(H,16,17). The number of nitrogens with one attached hydrogen (secondary N) is 1. The number of hydrogen-bond acceptors (Lipinski definition) is 4. The summed E-state index contributed by atoms with van der Waals surface area (Å²) in [7, 11) is 1.86. The number of rotatable bonds is 5. The number of aromatic nitrogens is 1. The van der Waals surface area contributed by atoms with Crippen molar-refractivity contribution in [2.24, 2.45) is 10.9 Å². The fourth-order valence-electron chi connectivity index (χ4n) is 2.47. The van der Waals surface area contributed by atoms with Crippen LogP contribution in [0.25, 0.3) is 0 Å². The number of aliphatic imine (C=N–C) groups is 1. The first kappa shape index (κ1) is 15.8. The minimum atomic E-state index is 0.718. The van der Waals surface area contributed by atoms with Crippen LogP contribution < -0.4 is 5.32 Å². The zero-order valence-electron chi connectivity index (χ0n) is 13.4. The van der Waals surface area contributed by atoms with Crippen LogP contribution in [0, 0.1) is 5.92 Å². The third-order valence-corrected chi connectivity index (χ3v) is 3.77. The van der Waals surface area contributed by atoms with Crippen molar-refractivity contribution in [2.45, 2.75) is 26.8 Å². The van der Waals surface area contributed by atoms with Gasteiger partial charge in [0.25, 0.3) is 0 Å². The Hall–Kier alpha value is -1.56. The van der Waals surface area contributed by atoms with E-state index in [1.54, 1.807) is 6.26 Å². The molecule has 0 spiro atoms. The Labute approximate surface area is 127 Å². The van der Waals surface area contributed by atoms with Crippen LogP contribution in [-0.4, -0.2) is 60.7 Å². The predicted molar refractivity (Wildman–Crippen MR) is 84.2 cm³/mol. The molecule has 1 saturated heterocycles. The molecule has 1 aliphatic rings. The fourth-order valence-corrected chi connectivity index (χ4v) is 2.47. The summed E-state index contributed by atoms with van der Waals surface area (Å²) < 4.78 is 4.88. The molecule has 2 heterocycles. The average Bonchev–Trinajstić information content (AvgIpc) is 2.97. The van der Waals surface area contributed by atoms with Gasteiger partial charge in [-0.25, -0.2) is 0 Å². The third-order valence-electron chi connectivity index (χ3n) is 3.77. The summed E-state index contributed by atoms with van der Waals surface area (Å²) in [5, 5.41) is 7.43. The lowest BCUT2D eigenvalue weighted by Crippen LogP contribution is -2.52. The van der Waals surface area contributed by atoms with E-state index in [0.29, 0.717) is 0 Å². The second kappa shape index (κ2) is 8.02. The minimum Gasteiger partial charge on any atom is -0.364 e. The summed E-state index contributed by atoms with van der Waals surface area (Å²) in [6.07, 6.45) is 2.80. The van der Waals surface area contributed by atoms with E-state index in [-0.39, 0.29) is 0 Å². The summed E-state index contributed by atoms with van der Waals surface area (Å²) in [6, 6.07) is 1.93. The van der Waals surface area contributed by atoms with Gasteiger partial charge in [0, 0.05) is 52.4 Å². The van der Waals surface area contributed by atoms with Crippen molar-refractivity contribution in [1.82, 2.24) is 20.3 Å². The number of nitrogens with zero attached hydrogens (tertiary/aromatic N) is 4. The Balaban J connectivity index is 1.74. The van der Waals surface area contributed by atoms with E-state index in [1.807, 2.05) is 13.1 Å². The van der Waals surface area contributed by atoms with Crippen LogP contribution in [0.5, 0.6) is 0 Å². The van der Waals surface area contributed by atoms with Crippen molar-refractivity contribution in [1.29, 1.82) is 0 Å². The second-order valence-corrected chi connectivity index (χ2v) is 5.91. The molecular formula is C15H27N5O. The molecule has 118 valence electrons. The second-order valence-electron chi connectivity index (χ2n) is 5.91. The van der Waals surface area contributed by atoms with Crippen molar-refractivity contribution < 1.29 is 4.52 Å². The average molecular weight is 293 g/mol. The molecule has 0 aromatic carbocycles. The molecule has 0 unspecified atom stereocenters. The van der Waals surface area contributed by atoms with Crippen LogP contribution >= 0.6 is 0 Å². The summed E-state index contributed by atoms with van der Waals surface area (Å²) in [5.74, 6) is 1.74. The van der Waals surface area contributed by atoms with E-state index >= 15 is 0 Å². The highest BCUT2D eigenvalue weighted by molar-refractivity contribution is 5.79. The van der Waals surface area contributed by atoms with Crippen LogP contribution in [0.4, 0.5) is 0 Å². The number of guanidine groups is 1. The lowest BCUT2D eigenvalue weighted by Gasteiger charge is -2.36. The number of piperazine rings is 1. The molecule has 1 N–H and O–H groups in total. The van der Waals surface area contributed by atoms with E-state index in [1.165, 1.54) is 6.42 Å². The first-order valence-electron chi connectivity index (χ1n) is 7.76. The maximum Gasteiger partial charge on any atom is 0.193 e. The molecule has 6 nitrogen and oxygen atoms in total. The molecule has 1 aliphatic heterocycles. The minimum absolute atomic E-state index is 0.718. The lowest BCUT2D eigenvalue weighted by atomic mass is 10.1. The van der Waals surface area contributed by atoms with E-state index in [4.69, 9.17) is 4.52 Å². The van der Waals surface area contributed by atoms with Crippen LogP contribution in [0.3, 0.4) is 0 Å². The van der Waals surface area contributed by atoms with E-state index < -0.39 is 0 Å². The highest BCUT2D eigenvalue weighted by Gasteiger charge is 2.20. The van der Waals surface area contributed by atoms with Crippen molar-refractivity contribution >= 4 is 5.96 Å². The van der Waals surface area contributed by atoms with Gasteiger partial charge in [0.15, 0.2) is 5.96 Å². The molecule has 0 amide bonds. The Morgan fingerprint density at radius 3 is 2.71 bits per heavy atom. The molecule has 21 heavy (non-hydrogen) atoms. The SMILES string of the molecule is CN=C(NCCC(C)C)N1CCN(Cc2ccon2)CC1. The summed E-state index contributed by atoms with van der Waals surface area (Å²) in [5.41, 5.74) is 1.00. The molecule has 0 radical (unpaired) electrons. The topological polar surface area (TPSA) is 56.9 Å². The lowest BCUT2D eigenvalue weighted by molar-refractivity contribution is 0.169. The maximum atomic E-state index is 4.88. The zero-order valence-corrected chi connectivity index (χ0v) is 13.4. The summed E-state index contributed by atoms with van der Waals surface area (Å²) in [4.78, 5) is 9.13. The third kappa shape index (κ3) is 5.04. The number of hydrogen-bond donors (Lipinski definition) is 1. The highest BCUT2D eigenvalue weighted by atomic mass is 16.5. The van der Waals surface area contributed by atoms with Crippen molar-refractivity contribution in [3.05, 3.63) is 18.0 Å². The van der Waals surface area contributed by atoms with Gasteiger partial charge < -0.3 is 14.7 Å². The Morgan fingerprint density at radius 1 is 1.38 bits per heavy atom. The predicted octanol–water partition coefficient (Wildman–Crippen LogP) is 1.41. The van der Waals surface area contributed by atoms with Gasteiger partial charge in [-0.05, 0) is 12.3 Å². The van der Waals surface area contributed by atoms with Crippen LogP contribution in [0.15, 0.2) is 21.8 Å². The molecule has 1 aromatic rings. The molecule has 6 heteroatoms. The van der Waals surface area contributed by atoms with E-state index in [0.717, 1.165) is 56.8 Å². The van der Waals surface area contributed by atoms with E-state index in [9.17, 15) is 0 Å². The van der Waals surface area contributed by atoms with Gasteiger partial charge >= 0.3 is 0 Å². The maximum absolute atomic E-state index is 4.88. The van der Waals surface area contributed by atoms with Crippen LogP contribution in [0.1, 0.15) is 26.0 Å². The van der Waals surface area contributed by atoms with Gasteiger partial charge in [-0.15, -0.1) is 0 Å². The summed E-state index contributed by atoms with van der Waals surface area (Å²) >= 11 is 0. The zero-order chi connectivity index (χ0) is 15.1. The normalized spacial score (nSPS) is 17.5.